The zero-order chi connectivity index (χ0) is 16.4. The fourth-order valence-corrected chi connectivity index (χ4v) is 2.62. The van der Waals surface area contributed by atoms with Gasteiger partial charge in [0.2, 0.25) is 0 Å². The molecule has 0 spiro atoms. The van der Waals surface area contributed by atoms with E-state index < -0.39 is 0 Å². The van der Waals surface area contributed by atoms with Crippen molar-refractivity contribution < 1.29 is 0 Å². The van der Waals surface area contributed by atoms with Gasteiger partial charge in [0, 0.05) is 37.3 Å². The highest BCUT2D eigenvalue weighted by molar-refractivity contribution is 5.42. The summed E-state index contributed by atoms with van der Waals surface area (Å²) in [5, 5.41) is 16.8. The van der Waals surface area contributed by atoms with Crippen molar-refractivity contribution in [3.8, 4) is 0 Å². The highest BCUT2D eigenvalue weighted by Gasteiger charge is 2.31. The van der Waals surface area contributed by atoms with Gasteiger partial charge in [-0.05, 0) is 31.3 Å². The van der Waals surface area contributed by atoms with E-state index in [9.17, 15) is 0 Å². The second-order valence-electron chi connectivity index (χ2n) is 7.22. The maximum Gasteiger partial charge on any atom is 0.151 e. The Balaban J connectivity index is 1.54. The molecule has 122 valence electrons. The first-order chi connectivity index (χ1) is 10.9. The highest BCUT2D eigenvalue weighted by atomic mass is 15.4. The highest BCUT2D eigenvalue weighted by Crippen LogP contribution is 2.24. The van der Waals surface area contributed by atoms with E-state index >= 15 is 0 Å². The molecule has 1 fully saturated rings. The van der Waals surface area contributed by atoms with Crippen molar-refractivity contribution in [2.75, 3.05) is 25.0 Å². The van der Waals surface area contributed by atoms with Crippen LogP contribution >= 0.6 is 0 Å². The van der Waals surface area contributed by atoms with Crippen molar-refractivity contribution in [3.05, 3.63) is 41.9 Å². The lowest BCUT2D eigenvalue weighted by atomic mass is 9.92. The molecule has 2 aromatic heterocycles. The molecule has 0 atom stereocenters. The quantitative estimate of drug-likeness (QED) is 0.859. The van der Waals surface area contributed by atoms with Crippen LogP contribution in [0.25, 0.3) is 0 Å². The molecule has 0 aliphatic carbocycles. The molecule has 1 saturated heterocycles. The van der Waals surface area contributed by atoms with Crippen molar-refractivity contribution >= 4 is 5.82 Å². The summed E-state index contributed by atoms with van der Waals surface area (Å²) in [4.78, 5) is 4.58. The number of nitrogens with zero attached hydrogens (tertiary/aromatic N) is 6. The van der Waals surface area contributed by atoms with E-state index in [-0.39, 0.29) is 5.41 Å². The summed E-state index contributed by atoms with van der Waals surface area (Å²) >= 11 is 0. The molecule has 0 N–H and O–H groups in total. The first-order valence-electron chi connectivity index (χ1n) is 7.99. The summed E-state index contributed by atoms with van der Waals surface area (Å²) in [6.45, 7) is 9.22. The smallest absolute Gasteiger partial charge is 0.151 e. The van der Waals surface area contributed by atoms with Gasteiger partial charge in [-0.15, -0.1) is 5.10 Å². The van der Waals surface area contributed by atoms with Gasteiger partial charge in [0.15, 0.2) is 5.82 Å². The van der Waals surface area contributed by atoms with E-state index in [1.807, 2.05) is 12.1 Å². The first kappa shape index (κ1) is 15.8. The van der Waals surface area contributed by atoms with Gasteiger partial charge in [0.25, 0.3) is 0 Å². The van der Waals surface area contributed by atoms with Crippen molar-refractivity contribution in [1.29, 1.82) is 0 Å². The van der Waals surface area contributed by atoms with Crippen molar-refractivity contribution in [1.82, 2.24) is 25.3 Å². The van der Waals surface area contributed by atoms with Gasteiger partial charge in [-0.3, -0.25) is 4.90 Å². The molecule has 1 aliphatic heterocycles. The summed E-state index contributed by atoms with van der Waals surface area (Å²) in [5.41, 5.74) is 2.07. The molecule has 0 aromatic carbocycles. The summed E-state index contributed by atoms with van der Waals surface area (Å²) in [7, 11) is 2.13. The number of anilines is 1. The Labute approximate surface area is 137 Å². The Morgan fingerprint density at radius 3 is 2.48 bits per heavy atom. The first-order valence-corrected chi connectivity index (χ1v) is 7.99. The molecule has 6 nitrogen and oxygen atoms in total. The largest absolute Gasteiger partial charge is 0.352 e. The minimum Gasteiger partial charge on any atom is -0.352 e. The SMILES string of the molecule is CN(Cc1cccnn1)C1CN(c2ccc(C(C)(C)C)nn2)C1. The summed E-state index contributed by atoms with van der Waals surface area (Å²) in [5.74, 6) is 0.960. The van der Waals surface area contributed by atoms with Gasteiger partial charge in [-0.2, -0.15) is 15.3 Å². The van der Waals surface area contributed by atoms with E-state index in [2.05, 4.69) is 70.1 Å². The van der Waals surface area contributed by atoms with Crippen LogP contribution in [-0.2, 0) is 12.0 Å². The molecule has 2 aromatic rings. The van der Waals surface area contributed by atoms with Gasteiger partial charge >= 0.3 is 0 Å². The van der Waals surface area contributed by atoms with E-state index in [0.717, 1.165) is 36.8 Å². The van der Waals surface area contributed by atoms with Crippen LogP contribution < -0.4 is 4.90 Å². The molecule has 0 radical (unpaired) electrons. The van der Waals surface area contributed by atoms with Gasteiger partial charge in [0.05, 0.1) is 11.4 Å². The second-order valence-corrected chi connectivity index (χ2v) is 7.22. The lowest BCUT2D eigenvalue weighted by molar-refractivity contribution is 0.194. The third-order valence-electron chi connectivity index (χ3n) is 4.27. The van der Waals surface area contributed by atoms with Gasteiger partial charge in [-0.25, -0.2) is 0 Å². The molecule has 0 saturated carbocycles. The molecule has 3 rings (SSSR count). The van der Waals surface area contributed by atoms with E-state index in [1.165, 1.54) is 0 Å². The van der Waals surface area contributed by atoms with E-state index in [0.29, 0.717) is 6.04 Å². The number of aromatic nitrogens is 4. The monoisotopic (exact) mass is 312 g/mol. The van der Waals surface area contributed by atoms with Crippen LogP contribution in [0, 0.1) is 0 Å². The number of likely N-dealkylation sites (N-methyl/N-ethyl adjacent to an activating group) is 1. The Kier molecular flexibility index (Phi) is 4.26. The molecule has 0 amide bonds. The summed E-state index contributed by atoms with van der Waals surface area (Å²) in [6.07, 6.45) is 1.70. The van der Waals surface area contributed by atoms with Crippen LogP contribution in [0.3, 0.4) is 0 Å². The Hall–Kier alpha value is -2.08. The predicted molar refractivity (Wildman–Crippen MR) is 90.2 cm³/mol. The van der Waals surface area contributed by atoms with Crippen LogP contribution in [0.2, 0.25) is 0 Å². The molecular weight excluding hydrogens is 288 g/mol. The minimum atomic E-state index is 0.0416. The van der Waals surface area contributed by atoms with Crippen LogP contribution in [0.15, 0.2) is 30.5 Å². The molecule has 3 heterocycles. The number of rotatable bonds is 4. The zero-order valence-electron chi connectivity index (χ0n) is 14.3. The normalized spacial score (nSPS) is 15.8. The topological polar surface area (TPSA) is 58.0 Å². The molecule has 0 unspecified atom stereocenters. The lowest BCUT2D eigenvalue weighted by Crippen LogP contribution is -2.58. The zero-order valence-corrected chi connectivity index (χ0v) is 14.3. The summed E-state index contributed by atoms with van der Waals surface area (Å²) < 4.78 is 0. The number of hydrogen-bond donors (Lipinski definition) is 0. The van der Waals surface area contributed by atoms with Gasteiger partial charge in [-0.1, -0.05) is 20.8 Å². The van der Waals surface area contributed by atoms with Crippen LogP contribution in [0.1, 0.15) is 32.2 Å². The van der Waals surface area contributed by atoms with Crippen LogP contribution in [-0.4, -0.2) is 51.5 Å². The third-order valence-corrected chi connectivity index (χ3v) is 4.27. The molecule has 23 heavy (non-hydrogen) atoms. The van der Waals surface area contributed by atoms with Gasteiger partial charge < -0.3 is 4.90 Å². The Bertz CT molecular complexity index is 628. The maximum atomic E-state index is 4.38. The standard InChI is InChI=1S/C17H24N6/c1-17(2,3)15-7-8-16(21-20-15)23-11-14(12-23)22(4)10-13-6-5-9-18-19-13/h5-9,14H,10-12H2,1-4H3. The second kappa shape index (κ2) is 6.20. The van der Waals surface area contributed by atoms with Gasteiger partial charge in [0.1, 0.15) is 0 Å². The maximum absolute atomic E-state index is 4.38. The fraction of sp³-hybridized carbons (Fsp3) is 0.529. The Morgan fingerprint density at radius 1 is 1.13 bits per heavy atom. The van der Waals surface area contributed by atoms with Crippen molar-refractivity contribution in [3.63, 3.8) is 0 Å². The minimum absolute atomic E-state index is 0.0416. The fourth-order valence-electron chi connectivity index (χ4n) is 2.62. The van der Waals surface area contributed by atoms with Crippen LogP contribution in [0.4, 0.5) is 5.82 Å². The lowest BCUT2D eigenvalue weighted by Gasteiger charge is -2.44. The van der Waals surface area contributed by atoms with Crippen LogP contribution in [0.5, 0.6) is 0 Å². The Morgan fingerprint density at radius 2 is 1.91 bits per heavy atom. The molecule has 0 bridgehead atoms. The number of hydrogen-bond acceptors (Lipinski definition) is 6. The van der Waals surface area contributed by atoms with Crippen molar-refractivity contribution in [2.24, 2.45) is 0 Å². The van der Waals surface area contributed by atoms with Crippen molar-refractivity contribution in [2.45, 2.75) is 38.8 Å². The van der Waals surface area contributed by atoms with E-state index in [4.69, 9.17) is 0 Å². The molecule has 6 heteroatoms. The predicted octanol–water partition coefficient (Wildman–Crippen LogP) is 1.88. The molecule has 1 aliphatic rings. The molecular formula is C17H24N6. The third kappa shape index (κ3) is 3.64. The average molecular weight is 312 g/mol. The van der Waals surface area contributed by atoms with E-state index in [1.54, 1.807) is 6.20 Å². The average Bonchev–Trinajstić information content (AvgIpc) is 2.46. The summed E-state index contributed by atoms with van der Waals surface area (Å²) in [6, 6.07) is 8.61.